The number of guanidine groups is 1. The van der Waals surface area contributed by atoms with E-state index in [4.69, 9.17) is 5.41 Å². The topological polar surface area (TPSA) is 85.3 Å². The molecule has 1 aliphatic heterocycles. The second-order valence-electron chi connectivity index (χ2n) is 9.67. The van der Waals surface area contributed by atoms with E-state index in [0.717, 1.165) is 24.0 Å². The minimum Gasteiger partial charge on any atom is -0.350 e. The minimum absolute atomic E-state index is 0.0254. The summed E-state index contributed by atoms with van der Waals surface area (Å²) in [6, 6.07) is 14.0. The average molecular weight is 433 g/mol. The van der Waals surface area contributed by atoms with Gasteiger partial charge in [-0.1, -0.05) is 44.2 Å². The maximum absolute atomic E-state index is 13.0. The lowest BCUT2D eigenvalue weighted by molar-refractivity contribution is -0.131. The van der Waals surface area contributed by atoms with Gasteiger partial charge >= 0.3 is 0 Å². The number of hydrogen-bond acceptors (Lipinski definition) is 3. The zero-order valence-electron chi connectivity index (χ0n) is 19.3. The standard InChI is InChI=1S/C26H32N4O2/c1-16(2)26(4)14-23(31)30(25(27)29-26)15-18-11-17(3)12-20(13-18)24(32)28-22-10-9-19-7-5-6-8-21(19)22/h5-8,11-13,16,22H,9-10,14-15H2,1-4H3,(H2,27,29)(H,28,32)/t22-,26-/m0/s1. The number of aryl methyl sites for hydroxylation is 2. The number of nitrogens with zero attached hydrogens (tertiary/aromatic N) is 1. The minimum atomic E-state index is -0.417. The Morgan fingerprint density at radius 2 is 2.03 bits per heavy atom. The lowest BCUT2D eigenvalue weighted by atomic mass is 9.83. The number of rotatable bonds is 5. The van der Waals surface area contributed by atoms with Crippen LogP contribution in [0.5, 0.6) is 0 Å². The molecule has 1 aliphatic carbocycles. The van der Waals surface area contributed by atoms with Crippen molar-refractivity contribution >= 4 is 17.8 Å². The van der Waals surface area contributed by atoms with Crippen molar-refractivity contribution in [2.24, 2.45) is 5.92 Å². The summed E-state index contributed by atoms with van der Waals surface area (Å²) in [5.74, 6) is 0.165. The fourth-order valence-electron chi connectivity index (χ4n) is 4.65. The van der Waals surface area contributed by atoms with E-state index >= 15 is 0 Å². The van der Waals surface area contributed by atoms with Crippen molar-refractivity contribution in [1.29, 1.82) is 5.41 Å². The van der Waals surface area contributed by atoms with Crippen molar-refractivity contribution in [2.45, 2.75) is 65.1 Å². The third-order valence-electron chi connectivity index (χ3n) is 6.95. The summed E-state index contributed by atoms with van der Waals surface area (Å²) in [4.78, 5) is 27.4. The molecule has 0 aromatic heterocycles. The van der Waals surface area contributed by atoms with Crippen LogP contribution in [0.1, 0.15) is 72.3 Å². The van der Waals surface area contributed by atoms with Gasteiger partial charge in [0.05, 0.1) is 19.0 Å². The van der Waals surface area contributed by atoms with Crippen molar-refractivity contribution in [1.82, 2.24) is 15.5 Å². The van der Waals surface area contributed by atoms with E-state index in [9.17, 15) is 9.59 Å². The summed E-state index contributed by atoms with van der Waals surface area (Å²) in [7, 11) is 0. The van der Waals surface area contributed by atoms with Gasteiger partial charge in [0.15, 0.2) is 5.96 Å². The molecule has 2 atom stereocenters. The summed E-state index contributed by atoms with van der Waals surface area (Å²) in [5.41, 5.74) is 4.46. The van der Waals surface area contributed by atoms with E-state index in [0.29, 0.717) is 12.0 Å². The second kappa shape index (κ2) is 8.41. The van der Waals surface area contributed by atoms with E-state index in [-0.39, 0.29) is 36.3 Å². The van der Waals surface area contributed by atoms with Gasteiger partial charge in [0.1, 0.15) is 0 Å². The number of fused-ring (bicyclic) bond motifs is 1. The van der Waals surface area contributed by atoms with Crippen molar-refractivity contribution < 1.29 is 9.59 Å². The van der Waals surface area contributed by atoms with E-state index in [1.807, 2.05) is 44.2 Å². The second-order valence-corrected chi connectivity index (χ2v) is 9.67. The van der Waals surface area contributed by atoms with E-state index in [1.165, 1.54) is 16.0 Å². The van der Waals surface area contributed by atoms with Crippen LogP contribution in [-0.2, 0) is 17.8 Å². The highest BCUT2D eigenvalue weighted by Gasteiger charge is 2.40. The van der Waals surface area contributed by atoms with Crippen LogP contribution in [0.3, 0.4) is 0 Å². The molecule has 2 amide bonds. The van der Waals surface area contributed by atoms with Gasteiger partial charge in [0, 0.05) is 11.1 Å². The zero-order chi connectivity index (χ0) is 23.0. The Balaban J connectivity index is 1.49. The van der Waals surface area contributed by atoms with Crippen LogP contribution in [0.4, 0.5) is 0 Å². The quantitative estimate of drug-likeness (QED) is 0.665. The van der Waals surface area contributed by atoms with Crippen LogP contribution in [0.2, 0.25) is 0 Å². The van der Waals surface area contributed by atoms with Gasteiger partial charge in [0.2, 0.25) is 5.91 Å². The maximum Gasteiger partial charge on any atom is 0.251 e. The lowest BCUT2D eigenvalue weighted by Gasteiger charge is -2.43. The largest absolute Gasteiger partial charge is 0.350 e. The first kappa shape index (κ1) is 22.1. The molecule has 2 aliphatic rings. The third kappa shape index (κ3) is 4.27. The molecule has 2 aromatic rings. The zero-order valence-corrected chi connectivity index (χ0v) is 19.3. The lowest BCUT2D eigenvalue weighted by Crippen LogP contribution is -2.62. The molecule has 4 rings (SSSR count). The molecular formula is C26H32N4O2. The Morgan fingerprint density at radius 3 is 2.75 bits per heavy atom. The van der Waals surface area contributed by atoms with E-state index in [2.05, 4.69) is 36.6 Å². The van der Waals surface area contributed by atoms with Crippen molar-refractivity contribution in [3.05, 3.63) is 70.3 Å². The van der Waals surface area contributed by atoms with Crippen LogP contribution in [0.25, 0.3) is 0 Å². The highest BCUT2D eigenvalue weighted by atomic mass is 16.2. The van der Waals surface area contributed by atoms with Gasteiger partial charge < -0.3 is 10.6 Å². The molecule has 0 bridgehead atoms. The van der Waals surface area contributed by atoms with Crippen molar-refractivity contribution in [3.63, 3.8) is 0 Å². The summed E-state index contributed by atoms with van der Waals surface area (Å²) < 4.78 is 0. The first-order valence-electron chi connectivity index (χ1n) is 11.3. The van der Waals surface area contributed by atoms with Crippen molar-refractivity contribution in [2.75, 3.05) is 0 Å². The molecule has 32 heavy (non-hydrogen) atoms. The number of nitrogens with one attached hydrogen (secondary N) is 3. The van der Waals surface area contributed by atoms with Crippen LogP contribution in [-0.4, -0.2) is 28.2 Å². The Labute approximate surface area is 189 Å². The number of carbonyl (C=O) groups is 2. The molecule has 0 radical (unpaired) electrons. The van der Waals surface area contributed by atoms with Crippen LogP contribution < -0.4 is 10.6 Å². The number of carbonyl (C=O) groups excluding carboxylic acids is 2. The molecule has 0 saturated carbocycles. The molecule has 0 unspecified atom stereocenters. The summed E-state index contributed by atoms with van der Waals surface area (Å²) in [6.07, 6.45) is 2.22. The van der Waals surface area contributed by atoms with Gasteiger partial charge in [-0.2, -0.15) is 0 Å². The fraction of sp³-hybridized carbons (Fsp3) is 0.423. The van der Waals surface area contributed by atoms with Gasteiger partial charge in [-0.05, 0) is 67.0 Å². The Bertz CT molecular complexity index is 1060. The number of amides is 2. The molecule has 1 heterocycles. The highest BCUT2D eigenvalue weighted by Crippen LogP contribution is 2.31. The maximum atomic E-state index is 13.0. The monoisotopic (exact) mass is 432 g/mol. The van der Waals surface area contributed by atoms with Gasteiger partial charge in [-0.15, -0.1) is 0 Å². The molecule has 3 N–H and O–H groups in total. The molecule has 168 valence electrons. The third-order valence-corrected chi connectivity index (χ3v) is 6.95. The van der Waals surface area contributed by atoms with Crippen molar-refractivity contribution in [3.8, 4) is 0 Å². The fourth-order valence-corrected chi connectivity index (χ4v) is 4.65. The van der Waals surface area contributed by atoms with Gasteiger partial charge in [-0.3, -0.25) is 19.9 Å². The molecule has 1 saturated heterocycles. The molecular weight excluding hydrogens is 400 g/mol. The Kier molecular flexibility index (Phi) is 5.80. The molecule has 6 nitrogen and oxygen atoms in total. The Morgan fingerprint density at radius 1 is 1.28 bits per heavy atom. The van der Waals surface area contributed by atoms with Gasteiger partial charge in [-0.25, -0.2) is 0 Å². The smallest absolute Gasteiger partial charge is 0.251 e. The molecule has 0 spiro atoms. The first-order valence-corrected chi connectivity index (χ1v) is 11.3. The molecule has 6 heteroatoms. The average Bonchev–Trinajstić information content (AvgIpc) is 3.13. The molecule has 1 fully saturated rings. The number of hydrogen-bond donors (Lipinski definition) is 3. The van der Waals surface area contributed by atoms with E-state index < -0.39 is 5.54 Å². The van der Waals surface area contributed by atoms with Gasteiger partial charge in [0.25, 0.3) is 5.91 Å². The van der Waals surface area contributed by atoms with E-state index in [1.54, 1.807) is 0 Å². The van der Waals surface area contributed by atoms with Crippen LogP contribution in [0.15, 0.2) is 42.5 Å². The highest BCUT2D eigenvalue weighted by molar-refractivity contribution is 5.99. The SMILES string of the molecule is Cc1cc(CN2C(=N)N[C@](C)(C(C)C)CC2=O)cc(C(=O)N[C@H]2CCc3ccccc32)c1. The van der Waals surface area contributed by atoms with Crippen LogP contribution in [0, 0.1) is 18.3 Å². The Hall–Kier alpha value is -3.15. The molecule has 2 aromatic carbocycles. The predicted octanol–water partition coefficient (Wildman–Crippen LogP) is 4.08. The summed E-state index contributed by atoms with van der Waals surface area (Å²) in [6.45, 7) is 8.31. The number of benzene rings is 2. The predicted molar refractivity (Wildman–Crippen MR) is 125 cm³/mol. The summed E-state index contributed by atoms with van der Waals surface area (Å²) >= 11 is 0. The normalized spacial score (nSPS) is 22.7. The summed E-state index contributed by atoms with van der Waals surface area (Å²) in [5, 5.41) is 14.8. The first-order chi connectivity index (χ1) is 15.2. The van der Waals surface area contributed by atoms with Crippen LogP contribution >= 0.6 is 0 Å².